The van der Waals surface area contributed by atoms with E-state index in [0.29, 0.717) is 6.54 Å². The molecule has 2 N–H and O–H groups in total. The van der Waals surface area contributed by atoms with Gasteiger partial charge in [0.2, 0.25) is 10.0 Å². The monoisotopic (exact) mass is 417 g/mol. The Bertz CT molecular complexity index is 850. The SMILES string of the molecule is CC(C)(C)OC(=O)N1CCO[C@H](COc2ccc(S(N)(=O)=O)cc2[N+](=O)[O-])C1. The normalized spacial score (nSPS) is 17.9. The average Bonchev–Trinajstić information content (AvgIpc) is 2.57. The standard InChI is InChI=1S/C16H23N3O8S/c1-16(2,3)27-15(20)18-6-7-25-11(9-18)10-26-14-5-4-12(28(17,23)24)8-13(14)19(21)22/h4-5,8,11H,6-7,9-10H2,1-3H3,(H2,17,23,24)/t11-/m0/s1. The Morgan fingerprint density at radius 2 is 2.11 bits per heavy atom. The van der Waals surface area contributed by atoms with Crippen molar-refractivity contribution in [3.8, 4) is 5.75 Å². The van der Waals surface area contributed by atoms with Crippen molar-refractivity contribution in [3.05, 3.63) is 28.3 Å². The molecule has 1 heterocycles. The summed E-state index contributed by atoms with van der Waals surface area (Å²) in [7, 11) is -4.09. The summed E-state index contributed by atoms with van der Waals surface area (Å²) < 4.78 is 39.0. The molecule has 0 bridgehead atoms. The minimum absolute atomic E-state index is 0.0745. The van der Waals surface area contributed by atoms with Crippen LogP contribution in [0.5, 0.6) is 5.75 Å². The fourth-order valence-corrected chi connectivity index (χ4v) is 2.97. The largest absolute Gasteiger partial charge is 0.484 e. The lowest BCUT2D eigenvalue weighted by Crippen LogP contribution is -2.49. The molecule has 156 valence electrons. The second kappa shape index (κ2) is 8.29. The lowest BCUT2D eigenvalue weighted by atomic mass is 10.2. The Kier molecular flexibility index (Phi) is 6.47. The molecule has 12 heteroatoms. The number of hydrogen-bond donors (Lipinski definition) is 1. The van der Waals surface area contributed by atoms with Gasteiger partial charge in [0.15, 0.2) is 5.75 Å². The van der Waals surface area contributed by atoms with E-state index in [4.69, 9.17) is 19.3 Å². The summed E-state index contributed by atoms with van der Waals surface area (Å²) in [6.07, 6.45) is -1.01. The van der Waals surface area contributed by atoms with E-state index >= 15 is 0 Å². The molecule has 0 aliphatic carbocycles. The number of amides is 1. The van der Waals surface area contributed by atoms with E-state index in [9.17, 15) is 23.3 Å². The van der Waals surface area contributed by atoms with Crippen LogP contribution in [0.2, 0.25) is 0 Å². The minimum Gasteiger partial charge on any atom is -0.484 e. The van der Waals surface area contributed by atoms with Crippen molar-refractivity contribution in [3.63, 3.8) is 0 Å². The summed E-state index contributed by atoms with van der Waals surface area (Å²) >= 11 is 0. The zero-order valence-electron chi connectivity index (χ0n) is 15.8. The summed E-state index contributed by atoms with van der Waals surface area (Å²) in [5.74, 6) is -0.129. The Hall–Kier alpha value is -2.44. The zero-order valence-corrected chi connectivity index (χ0v) is 16.6. The maximum Gasteiger partial charge on any atom is 0.410 e. The number of carbonyl (C=O) groups excluding carboxylic acids is 1. The van der Waals surface area contributed by atoms with Gasteiger partial charge in [0.05, 0.1) is 23.0 Å². The Morgan fingerprint density at radius 3 is 2.68 bits per heavy atom. The van der Waals surface area contributed by atoms with E-state index in [2.05, 4.69) is 0 Å². The first kappa shape index (κ1) is 21.9. The first-order valence-electron chi connectivity index (χ1n) is 8.40. The number of rotatable bonds is 5. The number of carbonyl (C=O) groups is 1. The van der Waals surface area contributed by atoms with Crippen LogP contribution in [0.1, 0.15) is 20.8 Å². The minimum atomic E-state index is -4.09. The van der Waals surface area contributed by atoms with Gasteiger partial charge in [-0.1, -0.05) is 0 Å². The molecular weight excluding hydrogens is 394 g/mol. The molecule has 1 aliphatic heterocycles. The average molecular weight is 417 g/mol. The quantitative estimate of drug-likeness (QED) is 0.555. The zero-order chi connectivity index (χ0) is 21.1. The first-order valence-corrected chi connectivity index (χ1v) is 9.95. The van der Waals surface area contributed by atoms with Gasteiger partial charge in [-0.25, -0.2) is 18.4 Å². The summed E-state index contributed by atoms with van der Waals surface area (Å²) in [6, 6.07) is 3.11. The molecular formula is C16H23N3O8S. The number of benzene rings is 1. The number of ether oxygens (including phenoxy) is 3. The third-order valence-corrected chi connectivity index (χ3v) is 4.58. The molecule has 0 radical (unpaired) electrons. The van der Waals surface area contributed by atoms with Crippen LogP contribution in [0.15, 0.2) is 23.1 Å². The molecule has 28 heavy (non-hydrogen) atoms. The fraction of sp³-hybridized carbons (Fsp3) is 0.562. The number of nitrogens with two attached hydrogens (primary N) is 1. The van der Waals surface area contributed by atoms with E-state index in [0.717, 1.165) is 18.2 Å². The van der Waals surface area contributed by atoms with Crippen LogP contribution >= 0.6 is 0 Å². The first-order chi connectivity index (χ1) is 12.9. The summed E-state index contributed by atoms with van der Waals surface area (Å²) in [4.78, 5) is 23.7. The number of primary sulfonamides is 1. The molecule has 1 atom stereocenters. The third-order valence-electron chi connectivity index (χ3n) is 3.67. The van der Waals surface area contributed by atoms with Gasteiger partial charge in [0.1, 0.15) is 18.3 Å². The van der Waals surface area contributed by atoms with Crippen molar-refractivity contribution in [1.29, 1.82) is 0 Å². The predicted octanol–water partition coefficient (Wildman–Crippen LogP) is 1.26. The van der Waals surface area contributed by atoms with Crippen LogP contribution in [0.25, 0.3) is 0 Å². The third kappa shape index (κ3) is 6.04. The topological polar surface area (TPSA) is 151 Å². The maximum absolute atomic E-state index is 12.2. The van der Waals surface area contributed by atoms with Crippen LogP contribution in [0.4, 0.5) is 10.5 Å². The Morgan fingerprint density at radius 1 is 1.43 bits per heavy atom. The Balaban J connectivity index is 2.05. The molecule has 0 unspecified atom stereocenters. The summed E-state index contributed by atoms with van der Waals surface area (Å²) in [6.45, 7) is 6.02. The molecule has 1 aromatic carbocycles. The van der Waals surface area contributed by atoms with Crippen molar-refractivity contribution in [2.24, 2.45) is 5.14 Å². The van der Waals surface area contributed by atoms with Crippen LogP contribution in [-0.2, 0) is 19.5 Å². The number of nitrogens with zero attached hydrogens (tertiary/aromatic N) is 2. The molecule has 1 saturated heterocycles. The van der Waals surface area contributed by atoms with Gasteiger partial charge in [-0.05, 0) is 32.9 Å². The highest BCUT2D eigenvalue weighted by Crippen LogP contribution is 2.29. The van der Waals surface area contributed by atoms with Crippen LogP contribution in [0.3, 0.4) is 0 Å². The molecule has 1 aromatic rings. The molecule has 0 saturated carbocycles. The van der Waals surface area contributed by atoms with E-state index in [1.54, 1.807) is 20.8 Å². The van der Waals surface area contributed by atoms with Crippen LogP contribution < -0.4 is 9.88 Å². The van der Waals surface area contributed by atoms with Gasteiger partial charge < -0.3 is 19.1 Å². The van der Waals surface area contributed by atoms with E-state index < -0.39 is 43.3 Å². The van der Waals surface area contributed by atoms with Crippen molar-refractivity contribution in [2.45, 2.75) is 37.4 Å². The number of hydrogen-bond acceptors (Lipinski definition) is 8. The number of nitro groups is 1. The predicted molar refractivity (Wildman–Crippen MR) is 97.5 cm³/mol. The fourth-order valence-electron chi connectivity index (χ4n) is 2.43. The molecule has 2 rings (SSSR count). The van der Waals surface area contributed by atoms with E-state index in [-0.39, 0.29) is 25.5 Å². The van der Waals surface area contributed by atoms with Crippen LogP contribution in [-0.4, -0.2) is 62.3 Å². The van der Waals surface area contributed by atoms with Gasteiger partial charge in [-0.2, -0.15) is 0 Å². The second-order valence-electron chi connectivity index (χ2n) is 7.16. The van der Waals surface area contributed by atoms with Crippen molar-refractivity contribution in [2.75, 3.05) is 26.3 Å². The van der Waals surface area contributed by atoms with Gasteiger partial charge in [-0.15, -0.1) is 0 Å². The Labute approximate surface area is 162 Å². The molecule has 11 nitrogen and oxygen atoms in total. The number of nitro benzene ring substituents is 1. The lowest BCUT2D eigenvalue weighted by molar-refractivity contribution is -0.386. The maximum atomic E-state index is 12.2. The van der Waals surface area contributed by atoms with Crippen molar-refractivity contribution >= 4 is 21.8 Å². The smallest absolute Gasteiger partial charge is 0.410 e. The lowest BCUT2D eigenvalue weighted by Gasteiger charge is -2.34. The molecule has 1 amide bonds. The van der Waals surface area contributed by atoms with E-state index in [1.807, 2.05) is 0 Å². The molecule has 1 fully saturated rings. The van der Waals surface area contributed by atoms with E-state index in [1.165, 1.54) is 4.90 Å². The van der Waals surface area contributed by atoms with Gasteiger partial charge in [0.25, 0.3) is 0 Å². The molecule has 0 aromatic heterocycles. The molecule has 1 aliphatic rings. The highest BCUT2D eigenvalue weighted by Gasteiger charge is 2.29. The highest BCUT2D eigenvalue weighted by atomic mass is 32.2. The van der Waals surface area contributed by atoms with Crippen molar-refractivity contribution < 1.29 is 32.3 Å². The number of sulfonamides is 1. The van der Waals surface area contributed by atoms with Gasteiger partial charge in [-0.3, -0.25) is 10.1 Å². The van der Waals surface area contributed by atoms with Crippen LogP contribution in [0, 0.1) is 10.1 Å². The van der Waals surface area contributed by atoms with Crippen molar-refractivity contribution in [1.82, 2.24) is 4.90 Å². The highest BCUT2D eigenvalue weighted by molar-refractivity contribution is 7.89. The summed E-state index contributed by atoms with van der Waals surface area (Å²) in [5.41, 5.74) is -1.17. The summed E-state index contributed by atoms with van der Waals surface area (Å²) in [5, 5.41) is 16.2. The second-order valence-corrected chi connectivity index (χ2v) is 8.72. The number of morpholine rings is 1. The van der Waals surface area contributed by atoms with Gasteiger partial charge >= 0.3 is 11.8 Å². The van der Waals surface area contributed by atoms with Gasteiger partial charge in [0, 0.05) is 12.6 Å². The molecule has 0 spiro atoms.